The highest BCUT2D eigenvalue weighted by Gasteiger charge is 2.23. The average molecular weight is 284 g/mol. The minimum atomic E-state index is 0.221. The van der Waals surface area contributed by atoms with Gasteiger partial charge in [0, 0.05) is 24.1 Å². The first-order valence-electron chi connectivity index (χ1n) is 7.83. The molecule has 0 spiro atoms. The van der Waals surface area contributed by atoms with Gasteiger partial charge in [0.1, 0.15) is 0 Å². The lowest BCUT2D eigenvalue weighted by Gasteiger charge is -2.28. The lowest BCUT2D eigenvalue weighted by molar-refractivity contribution is -0.126. The van der Waals surface area contributed by atoms with Gasteiger partial charge in [-0.25, -0.2) is 0 Å². The minimum absolute atomic E-state index is 0.221. The molecule has 3 nitrogen and oxygen atoms in total. The maximum Gasteiger partial charge on any atom is 0.224 e. The number of nitrogens with zero attached hydrogens (tertiary/aromatic N) is 1. The number of piperidine rings is 1. The molecule has 4 heteroatoms. The molecule has 1 atom stereocenters. The van der Waals surface area contributed by atoms with E-state index in [0.29, 0.717) is 0 Å². The van der Waals surface area contributed by atoms with Crippen LogP contribution in [0.25, 0.3) is 0 Å². The Morgan fingerprint density at radius 1 is 1.21 bits per heavy atom. The Bertz CT molecular complexity index is 279. The normalized spacial score (nSPS) is 26.3. The summed E-state index contributed by atoms with van der Waals surface area (Å²) < 4.78 is 0. The van der Waals surface area contributed by atoms with Crippen LogP contribution in [0.3, 0.4) is 0 Å². The van der Waals surface area contributed by atoms with Crippen molar-refractivity contribution in [2.24, 2.45) is 5.92 Å². The van der Waals surface area contributed by atoms with Crippen molar-refractivity contribution < 1.29 is 4.79 Å². The van der Waals surface area contributed by atoms with Gasteiger partial charge >= 0.3 is 0 Å². The summed E-state index contributed by atoms with van der Waals surface area (Å²) >= 11 is 2.06. The van der Waals surface area contributed by atoms with Crippen molar-refractivity contribution in [3.05, 3.63) is 0 Å². The zero-order valence-corrected chi connectivity index (χ0v) is 13.0. The molecule has 1 aliphatic carbocycles. The molecular formula is C15H28N2OS. The zero-order valence-electron chi connectivity index (χ0n) is 12.2. The van der Waals surface area contributed by atoms with E-state index >= 15 is 0 Å². The van der Waals surface area contributed by atoms with E-state index in [1.807, 2.05) is 0 Å². The van der Waals surface area contributed by atoms with Crippen molar-refractivity contribution in [1.29, 1.82) is 0 Å². The number of hydrogen-bond acceptors (Lipinski definition) is 3. The van der Waals surface area contributed by atoms with Gasteiger partial charge in [0.2, 0.25) is 5.91 Å². The van der Waals surface area contributed by atoms with E-state index < -0.39 is 0 Å². The van der Waals surface area contributed by atoms with Crippen molar-refractivity contribution in [3.8, 4) is 0 Å². The number of carbonyl (C=O) groups is 1. The van der Waals surface area contributed by atoms with E-state index in [-0.39, 0.29) is 11.8 Å². The number of amides is 1. The van der Waals surface area contributed by atoms with Gasteiger partial charge in [-0.1, -0.05) is 19.3 Å². The first-order valence-corrected chi connectivity index (χ1v) is 8.88. The highest BCUT2D eigenvalue weighted by atomic mass is 32.2. The summed E-state index contributed by atoms with van der Waals surface area (Å²) in [4.78, 5) is 14.3. The Balaban J connectivity index is 1.55. The molecule has 0 aromatic heterocycles. The number of thioether (sulfide) groups is 1. The third-order valence-corrected chi connectivity index (χ3v) is 5.68. The third-order valence-electron chi connectivity index (χ3n) is 4.30. The fourth-order valence-corrected chi connectivity index (χ4v) is 4.38. The van der Waals surface area contributed by atoms with E-state index in [4.69, 9.17) is 0 Å². The van der Waals surface area contributed by atoms with Crippen LogP contribution in [-0.4, -0.2) is 48.5 Å². The highest BCUT2D eigenvalue weighted by Crippen LogP contribution is 2.27. The van der Waals surface area contributed by atoms with E-state index in [9.17, 15) is 4.79 Å². The topological polar surface area (TPSA) is 32.3 Å². The molecule has 1 saturated heterocycles. The van der Waals surface area contributed by atoms with Crippen LogP contribution < -0.4 is 5.32 Å². The molecule has 0 aromatic rings. The number of nitrogens with one attached hydrogen (secondary N) is 1. The molecule has 0 radical (unpaired) electrons. The maximum absolute atomic E-state index is 12.0. The van der Waals surface area contributed by atoms with Crippen LogP contribution in [0.1, 0.15) is 44.9 Å². The first kappa shape index (κ1) is 15.2. The fraction of sp³-hybridized carbons (Fsp3) is 0.933. The predicted molar refractivity (Wildman–Crippen MR) is 82.6 cm³/mol. The molecule has 0 aromatic carbocycles. The van der Waals surface area contributed by atoms with Crippen molar-refractivity contribution in [3.63, 3.8) is 0 Å². The Kier molecular flexibility index (Phi) is 6.51. The van der Waals surface area contributed by atoms with Gasteiger partial charge in [-0.3, -0.25) is 4.79 Å². The van der Waals surface area contributed by atoms with Gasteiger partial charge < -0.3 is 10.2 Å². The van der Waals surface area contributed by atoms with Crippen molar-refractivity contribution in [2.45, 2.75) is 50.2 Å². The van der Waals surface area contributed by atoms with E-state index in [1.54, 1.807) is 0 Å². The van der Waals surface area contributed by atoms with Gasteiger partial charge in [-0.2, -0.15) is 11.8 Å². The number of likely N-dealkylation sites (tertiary alicyclic amines) is 1. The van der Waals surface area contributed by atoms with Gasteiger partial charge in [-0.15, -0.1) is 0 Å². The average Bonchev–Trinajstić information content (AvgIpc) is 2.44. The predicted octanol–water partition coefficient (Wildman–Crippen LogP) is 2.51. The minimum Gasteiger partial charge on any atom is -0.355 e. The summed E-state index contributed by atoms with van der Waals surface area (Å²) in [6.07, 6.45) is 9.20. The number of carbonyl (C=O) groups excluding carboxylic acids is 1. The van der Waals surface area contributed by atoms with E-state index in [0.717, 1.165) is 43.5 Å². The van der Waals surface area contributed by atoms with Crippen molar-refractivity contribution in [2.75, 3.05) is 32.4 Å². The molecule has 0 unspecified atom stereocenters. The molecule has 2 fully saturated rings. The summed E-state index contributed by atoms with van der Waals surface area (Å²) in [6, 6.07) is 0. The van der Waals surface area contributed by atoms with Gasteiger partial charge in [0.15, 0.2) is 0 Å². The van der Waals surface area contributed by atoms with E-state index in [2.05, 4.69) is 29.0 Å². The summed E-state index contributed by atoms with van der Waals surface area (Å²) in [5, 5.41) is 3.98. The van der Waals surface area contributed by atoms with Crippen LogP contribution in [0.2, 0.25) is 0 Å². The Hall–Kier alpha value is -0.220. The smallest absolute Gasteiger partial charge is 0.224 e. The number of hydrogen-bond donors (Lipinski definition) is 1. The largest absolute Gasteiger partial charge is 0.355 e. The monoisotopic (exact) mass is 284 g/mol. The SMILES string of the molecule is CN1CCC[C@@H](C(=O)NCCSC2CCCCC2)C1. The summed E-state index contributed by atoms with van der Waals surface area (Å²) in [6.45, 7) is 2.92. The molecule has 1 N–H and O–H groups in total. The molecule has 1 saturated carbocycles. The second-order valence-electron chi connectivity index (χ2n) is 6.02. The first-order chi connectivity index (χ1) is 9.25. The fourth-order valence-electron chi connectivity index (χ4n) is 3.16. The Morgan fingerprint density at radius 2 is 2.00 bits per heavy atom. The van der Waals surface area contributed by atoms with Crippen LogP contribution in [0.5, 0.6) is 0 Å². The highest BCUT2D eigenvalue weighted by molar-refractivity contribution is 7.99. The quantitative estimate of drug-likeness (QED) is 0.787. The molecule has 19 heavy (non-hydrogen) atoms. The molecule has 1 aliphatic heterocycles. The van der Waals surface area contributed by atoms with Gasteiger partial charge in [0.05, 0.1) is 5.92 Å². The summed E-state index contributed by atoms with van der Waals surface area (Å²) in [7, 11) is 2.11. The molecule has 2 rings (SSSR count). The molecule has 110 valence electrons. The second kappa shape index (κ2) is 8.15. The Labute approximate surface area is 121 Å². The number of rotatable bonds is 5. The van der Waals surface area contributed by atoms with E-state index in [1.165, 1.54) is 32.1 Å². The standard InChI is InChI=1S/C15H28N2OS/c1-17-10-5-6-13(12-17)15(18)16-9-11-19-14-7-3-2-4-8-14/h13-14H,2-12H2,1H3,(H,16,18)/t13-/m1/s1. The van der Waals surface area contributed by atoms with Crippen LogP contribution in [0.15, 0.2) is 0 Å². The molecule has 1 heterocycles. The molecular weight excluding hydrogens is 256 g/mol. The Morgan fingerprint density at radius 3 is 2.74 bits per heavy atom. The van der Waals surface area contributed by atoms with Crippen LogP contribution in [0, 0.1) is 5.92 Å². The second-order valence-corrected chi connectivity index (χ2v) is 7.43. The maximum atomic E-state index is 12.0. The lowest BCUT2D eigenvalue weighted by atomic mass is 9.98. The summed E-state index contributed by atoms with van der Waals surface area (Å²) in [5.41, 5.74) is 0. The van der Waals surface area contributed by atoms with Crippen molar-refractivity contribution in [1.82, 2.24) is 10.2 Å². The zero-order chi connectivity index (χ0) is 13.5. The molecule has 0 bridgehead atoms. The van der Waals surface area contributed by atoms with Crippen molar-refractivity contribution >= 4 is 17.7 Å². The van der Waals surface area contributed by atoms with Gasteiger partial charge in [0.25, 0.3) is 0 Å². The van der Waals surface area contributed by atoms with Crippen LogP contribution >= 0.6 is 11.8 Å². The lowest BCUT2D eigenvalue weighted by Crippen LogP contribution is -2.42. The van der Waals surface area contributed by atoms with Crippen LogP contribution in [0.4, 0.5) is 0 Å². The third kappa shape index (κ3) is 5.35. The van der Waals surface area contributed by atoms with Gasteiger partial charge in [-0.05, 0) is 39.3 Å². The summed E-state index contributed by atoms with van der Waals surface area (Å²) in [5.74, 6) is 1.58. The molecule has 1 amide bonds. The van der Waals surface area contributed by atoms with Crippen LogP contribution in [-0.2, 0) is 4.79 Å². The molecule has 2 aliphatic rings.